The van der Waals surface area contributed by atoms with Gasteiger partial charge in [-0.2, -0.15) is 0 Å². The summed E-state index contributed by atoms with van der Waals surface area (Å²) in [5.74, 6) is -0.221. The lowest BCUT2D eigenvalue weighted by atomic mass is 10.1. The third kappa shape index (κ3) is 5.99. The summed E-state index contributed by atoms with van der Waals surface area (Å²) < 4.78 is 13.2. The van der Waals surface area contributed by atoms with Crippen molar-refractivity contribution in [2.75, 3.05) is 6.54 Å². The van der Waals surface area contributed by atoms with Crippen molar-refractivity contribution in [3.8, 4) is 0 Å². The van der Waals surface area contributed by atoms with Crippen LogP contribution in [0, 0.1) is 5.82 Å². The minimum absolute atomic E-state index is 0.0564. The quantitative estimate of drug-likeness (QED) is 0.611. The zero-order valence-corrected chi connectivity index (χ0v) is 15.1. The van der Waals surface area contributed by atoms with E-state index in [1.165, 1.54) is 12.1 Å². The zero-order chi connectivity index (χ0) is 18.9. The molecule has 0 aliphatic heterocycles. The zero-order valence-electron chi connectivity index (χ0n) is 15.1. The second-order valence-electron chi connectivity index (χ2n) is 6.33. The summed E-state index contributed by atoms with van der Waals surface area (Å²) in [7, 11) is 0. The van der Waals surface area contributed by atoms with Gasteiger partial charge >= 0.3 is 0 Å². The topological polar surface area (TPSA) is 46.1 Å². The number of rotatable bonds is 8. The Hall–Kier alpha value is -3.08. The van der Waals surface area contributed by atoms with E-state index in [0.29, 0.717) is 32.4 Å². The second-order valence-corrected chi connectivity index (χ2v) is 6.33. The Labute approximate surface area is 158 Å². The molecule has 2 heterocycles. The third-order valence-electron chi connectivity index (χ3n) is 4.32. The Kier molecular flexibility index (Phi) is 6.63. The smallest absolute Gasteiger partial charge is 0.223 e. The largest absolute Gasteiger partial charge is 0.338 e. The first kappa shape index (κ1) is 18.7. The van der Waals surface area contributed by atoms with Crippen LogP contribution in [-0.2, 0) is 24.2 Å². The van der Waals surface area contributed by atoms with Crippen LogP contribution >= 0.6 is 0 Å². The molecule has 1 aromatic carbocycles. The van der Waals surface area contributed by atoms with E-state index in [2.05, 4.69) is 9.97 Å². The van der Waals surface area contributed by atoms with Crippen molar-refractivity contribution in [1.29, 1.82) is 0 Å². The van der Waals surface area contributed by atoms with E-state index < -0.39 is 0 Å². The average Bonchev–Trinajstić information content (AvgIpc) is 2.72. The molecule has 3 aromatic rings. The van der Waals surface area contributed by atoms with Gasteiger partial charge in [-0.15, -0.1) is 0 Å². The van der Waals surface area contributed by atoms with Crippen LogP contribution in [0.1, 0.15) is 23.4 Å². The lowest BCUT2D eigenvalue weighted by Crippen LogP contribution is -2.32. The van der Waals surface area contributed by atoms with Crippen molar-refractivity contribution in [3.63, 3.8) is 0 Å². The molecule has 0 aliphatic carbocycles. The van der Waals surface area contributed by atoms with Crippen LogP contribution in [0.3, 0.4) is 0 Å². The van der Waals surface area contributed by atoms with E-state index in [0.717, 1.165) is 17.0 Å². The lowest BCUT2D eigenvalue weighted by molar-refractivity contribution is -0.131. The fraction of sp³-hybridized carbons (Fsp3) is 0.227. The minimum atomic E-state index is -0.278. The van der Waals surface area contributed by atoms with E-state index in [1.54, 1.807) is 24.5 Å². The molecule has 0 N–H and O–H groups in total. The molecule has 27 heavy (non-hydrogen) atoms. The predicted octanol–water partition coefficient (Wildman–Crippen LogP) is 3.82. The highest BCUT2D eigenvalue weighted by molar-refractivity contribution is 5.76. The average molecular weight is 363 g/mol. The molecular formula is C22H22FN3O. The number of carbonyl (C=O) groups excluding carboxylic acids is 1. The summed E-state index contributed by atoms with van der Waals surface area (Å²) in [5, 5.41) is 0. The van der Waals surface area contributed by atoms with E-state index in [1.807, 2.05) is 41.3 Å². The molecular weight excluding hydrogens is 341 g/mol. The van der Waals surface area contributed by atoms with Gasteiger partial charge in [0.15, 0.2) is 0 Å². The summed E-state index contributed by atoms with van der Waals surface area (Å²) in [4.78, 5) is 23.2. The van der Waals surface area contributed by atoms with Crippen molar-refractivity contribution >= 4 is 5.91 Å². The molecule has 0 spiro atoms. The highest BCUT2D eigenvalue weighted by Crippen LogP contribution is 2.11. The maximum Gasteiger partial charge on any atom is 0.223 e. The van der Waals surface area contributed by atoms with Crippen molar-refractivity contribution in [2.45, 2.75) is 25.8 Å². The molecule has 0 unspecified atom stereocenters. The van der Waals surface area contributed by atoms with Gasteiger partial charge in [-0.05, 0) is 48.4 Å². The Morgan fingerprint density at radius 2 is 1.48 bits per heavy atom. The first-order valence-electron chi connectivity index (χ1n) is 9.03. The molecule has 5 heteroatoms. The molecule has 4 nitrogen and oxygen atoms in total. The number of amides is 1. The van der Waals surface area contributed by atoms with E-state index in [9.17, 15) is 9.18 Å². The van der Waals surface area contributed by atoms with Gasteiger partial charge in [0.05, 0.1) is 0 Å². The summed E-state index contributed by atoms with van der Waals surface area (Å²) >= 11 is 0. The van der Waals surface area contributed by atoms with Crippen LogP contribution in [0.4, 0.5) is 4.39 Å². The fourth-order valence-electron chi connectivity index (χ4n) is 2.84. The molecule has 3 rings (SSSR count). The van der Waals surface area contributed by atoms with Gasteiger partial charge in [0, 0.05) is 49.7 Å². The maximum absolute atomic E-state index is 13.2. The molecule has 138 valence electrons. The van der Waals surface area contributed by atoms with Gasteiger partial charge in [0.1, 0.15) is 5.82 Å². The number of benzene rings is 1. The Balaban J connectivity index is 1.65. The normalized spacial score (nSPS) is 10.6. The first-order chi connectivity index (χ1) is 13.2. The number of nitrogens with zero attached hydrogens (tertiary/aromatic N) is 3. The molecule has 0 bridgehead atoms. The summed E-state index contributed by atoms with van der Waals surface area (Å²) in [6.45, 7) is 1.02. The molecule has 1 amide bonds. The van der Waals surface area contributed by atoms with Crippen molar-refractivity contribution in [3.05, 3.63) is 95.8 Å². The van der Waals surface area contributed by atoms with Gasteiger partial charge in [-0.1, -0.05) is 24.3 Å². The molecule has 0 aliphatic rings. The summed E-state index contributed by atoms with van der Waals surface area (Å²) in [6.07, 6.45) is 5.15. The van der Waals surface area contributed by atoms with Gasteiger partial charge in [0.25, 0.3) is 0 Å². The standard InChI is InChI=1S/C22H22FN3O/c23-19-9-7-18(8-10-19)17-26(16-13-21-6-2-4-15-25-21)22(27)12-11-20-5-1-3-14-24-20/h1-10,14-15H,11-13,16-17H2. The summed E-state index contributed by atoms with van der Waals surface area (Å²) in [6, 6.07) is 17.7. The SMILES string of the molecule is O=C(CCc1ccccn1)N(CCc1ccccn1)Cc1ccc(F)cc1. The van der Waals surface area contributed by atoms with Crippen LogP contribution in [0.15, 0.2) is 73.1 Å². The van der Waals surface area contributed by atoms with Crippen LogP contribution in [0.5, 0.6) is 0 Å². The van der Waals surface area contributed by atoms with Crippen molar-refractivity contribution in [2.24, 2.45) is 0 Å². The number of hydrogen-bond donors (Lipinski definition) is 0. The second kappa shape index (κ2) is 9.57. The number of aromatic nitrogens is 2. The number of hydrogen-bond acceptors (Lipinski definition) is 3. The predicted molar refractivity (Wildman–Crippen MR) is 102 cm³/mol. The van der Waals surface area contributed by atoms with Crippen LogP contribution in [-0.4, -0.2) is 27.3 Å². The van der Waals surface area contributed by atoms with E-state index in [4.69, 9.17) is 0 Å². The molecule has 2 aromatic heterocycles. The van der Waals surface area contributed by atoms with Crippen LogP contribution in [0.2, 0.25) is 0 Å². The Bertz CT molecular complexity index is 838. The highest BCUT2D eigenvalue weighted by Gasteiger charge is 2.15. The maximum atomic E-state index is 13.2. The lowest BCUT2D eigenvalue weighted by Gasteiger charge is -2.23. The Morgan fingerprint density at radius 3 is 2.07 bits per heavy atom. The van der Waals surface area contributed by atoms with Gasteiger partial charge in [-0.25, -0.2) is 4.39 Å². The first-order valence-corrected chi connectivity index (χ1v) is 9.03. The van der Waals surface area contributed by atoms with Crippen molar-refractivity contribution in [1.82, 2.24) is 14.9 Å². The number of halogens is 1. The van der Waals surface area contributed by atoms with Crippen LogP contribution < -0.4 is 0 Å². The van der Waals surface area contributed by atoms with E-state index >= 15 is 0 Å². The third-order valence-corrected chi connectivity index (χ3v) is 4.32. The molecule has 0 saturated heterocycles. The number of pyridine rings is 2. The minimum Gasteiger partial charge on any atom is -0.338 e. The Morgan fingerprint density at radius 1 is 0.852 bits per heavy atom. The number of aryl methyl sites for hydroxylation is 1. The van der Waals surface area contributed by atoms with Crippen molar-refractivity contribution < 1.29 is 9.18 Å². The van der Waals surface area contributed by atoms with E-state index in [-0.39, 0.29) is 11.7 Å². The summed E-state index contributed by atoms with van der Waals surface area (Å²) in [5.41, 5.74) is 2.75. The fourth-order valence-corrected chi connectivity index (χ4v) is 2.84. The molecule has 0 fully saturated rings. The van der Waals surface area contributed by atoms with Crippen LogP contribution in [0.25, 0.3) is 0 Å². The molecule has 0 radical (unpaired) electrons. The molecule has 0 atom stereocenters. The molecule has 0 saturated carbocycles. The number of carbonyl (C=O) groups is 1. The van der Waals surface area contributed by atoms with Gasteiger partial charge < -0.3 is 4.90 Å². The van der Waals surface area contributed by atoms with Gasteiger partial charge in [0.2, 0.25) is 5.91 Å². The monoisotopic (exact) mass is 363 g/mol. The highest BCUT2D eigenvalue weighted by atomic mass is 19.1. The van der Waals surface area contributed by atoms with Gasteiger partial charge in [-0.3, -0.25) is 14.8 Å².